The van der Waals surface area contributed by atoms with Gasteiger partial charge in [0.25, 0.3) is 0 Å². The highest BCUT2D eigenvalue weighted by Gasteiger charge is 2.06. The molecule has 0 bridgehead atoms. The van der Waals surface area contributed by atoms with Gasteiger partial charge < -0.3 is 5.11 Å². The van der Waals surface area contributed by atoms with Crippen LogP contribution in [0.4, 0.5) is 0 Å². The van der Waals surface area contributed by atoms with Crippen LogP contribution in [0.5, 0.6) is 5.75 Å². The van der Waals surface area contributed by atoms with E-state index in [0.717, 1.165) is 16.9 Å². The fourth-order valence-electron chi connectivity index (χ4n) is 2.00. The molecule has 3 aromatic rings. The molecule has 0 unspecified atom stereocenters. The molecule has 1 aromatic heterocycles. The molecule has 0 amide bonds. The molecule has 18 heavy (non-hydrogen) atoms. The van der Waals surface area contributed by atoms with Gasteiger partial charge in [0.15, 0.2) is 0 Å². The van der Waals surface area contributed by atoms with E-state index in [1.54, 1.807) is 23.5 Å². The Morgan fingerprint density at radius 1 is 1.11 bits per heavy atom. The summed E-state index contributed by atoms with van der Waals surface area (Å²) in [7, 11) is 0. The number of aromatic nitrogens is 1. The zero-order valence-electron chi connectivity index (χ0n) is 10.1. The maximum atomic E-state index is 9.26. The van der Waals surface area contributed by atoms with Crippen molar-refractivity contribution in [1.29, 1.82) is 0 Å². The number of benzene rings is 2. The molecule has 2 nitrogen and oxygen atoms in total. The van der Waals surface area contributed by atoms with Crippen LogP contribution in [-0.2, 0) is 6.42 Å². The van der Waals surface area contributed by atoms with Crippen molar-refractivity contribution in [2.45, 2.75) is 13.3 Å². The number of aromatic hydroxyl groups is 1. The van der Waals surface area contributed by atoms with E-state index in [0.29, 0.717) is 5.75 Å². The van der Waals surface area contributed by atoms with Gasteiger partial charge in [-0.2, -0.15) is 0 Å². The standard InChI is InChI=1S/C15H13NOS/c1-10-3-2-4-13-15(10)16-14(18-13)9-11-5-7-12(17)8-6-11/h2-8,17H,9H2,1H3. The lowest BCUT2D eigenvalue weighted by molar-refractivity contribution is 0.475. The van der Waals surface area contributed by atoms with Gasteiger partial charge in [0.2, 0.25) is 0 Å². The van der Waals surface area contributed by atoms with Crippen LogP contribution in [0.2, 0.25) is 0 Å². The molecule has 0 fully saturated rings. The summed E-state index contributed by atoms with van der Waals surface area (Å²) in [5, 5.41) is 10.4. The Hall–Kier alpha value is -1.87. The number of phenols is 1. The van der Waals surface area contributed by atoms with Gasteiger partial charge in [-0.25, -0.2) is 4.98 Å². The number of rotatable bonds is 2. The molecule has 0 aliphatic rings. The van der Waals surface area contributed by atoms with E-state index in [1.807, 2.05) is 12.1 Å². The molecule has 3 heteroatoms. The Kier molecular flexibility index (Phi) is 2.76. The number of hydrogen-bond donors (Lipinski definition) is 1. The first-order chi connectivity index (χ1) is 8.72. The van der Waals surface area contributed by atoms with Crippen LogP contribution in [0.15, 0.2) is 42.5 Å². The Morgan fingerprint density at radius 3 is 2.61 bits per heavy atom. The molecule has 2 aromatic carbocycles. The number of para-hydroxylation sites is 1. The van der Waals surface area contributed by atoms with E-state index >= 15 is 0 Å². The normalized spacial score (nSPS) is 10.9. The predicted octanol–water partition coefficient (Wildman–Crippen LogP) is 3.90. The van der Waals surface area contributed by atoms with Gasteiger partial charge in [0.05, 0.1) is 15.2 Å². The van der Waals surface area contributed by atoms with E-state index in [9.17, 15) is 5.11 Å². The molecular formula is C15H13NOS. The van der Waals surface area contributed by atoms with Crippen molar-refractivity contribution in [3.63, 3.8) is 0 Å². The first-order valence-electron chi connectivity index (χ1n) is 5.85. The van der Waals surface area contributed by atoms with Crippen LogP contribution in [-0.4, -0.2) is 10.1 Å². The van der Waals surface area contributed by atoms with Gasteiger partial charge in [-0.15, -0.1) is 11.3 Å². The van der Waals surface area contributed by atoms with Gasteiger partial charge in [-0.05, 0) is 36.2 Å². The van der Waals surface area contributed by atoms with Crippen molar-refractivity contribution < 1.29 is 5.11 Å². The summed E-state index contributed by atoms with van der Waals surface area (Å²) in [4.78, 5) is 4.69. The van der Waals surface area contributed by atoms with Crippen molar-refractivity contribution >= 4 is 21.6 Å². The fraction of sp³-hybridized carbons (Fsp3) is 0.133. The van der Waals surface area contributed by atoms with E-state index in [1.165, 1.54) is 15.8 Å². The molecule has 0 atom stereocenters. The van der Waals surface area contributed by atoms with Gasteiger partial charge >= 0.3 is 0 Å². The quantitative estimate of drug-likeness (QED) is 0.753. The fourth-order valence-corrected chi connectivity index (χ4v) is 3.08. The summed E-state index contributed by atoms with van der Waals surface area (Å²) in [6.45, 7) is 2.09. The molecule has 0 saturated carbocycles. The molecule has 0 spiro atoms. The molecular weight excluding hydrogens is 242 g/mol. The van der Waals surface area contributed by atoms with Gasteiger partial charge in [-0.1, -0.05) is 24.3 Å². The Balaban J connectivity index is 1.95. The Labute approximate surface area is 110 Å². The van der Waals surface area contributed by atoms with Crippen molar-refractivity contribution in [2.24, 2.45) is 0 Å². The van der Waals surface area contributed by atoms with Crippen LogP contribution in [0.3, 0.4) is 0 Å². The number of thiazole rings is 1. The summed E-state index contributed by atoms with van der Waals surface area (Å²) < 4.78 is 1.24. The average Bonchev–Trinajstić information content (AvgIpc) is 2.76. The molecule has 0 radical (unpaired) electrons. The second-order valence-electron chi connectivity index (χ2n) is 4.37. The molecule has 1 N–H and O–H groups in total. The van der Waals surface area contributed by atoms with Crippen molar-refractivity contribution in [2.75, 3.05) is 0 Å². The van der Waals surface area contributed by atoms with E-state index in [-0.39, 0.29) is 0 Å². The summed E-state index contributed by atoms with van der Waals surface area (Å²) in [5.74, 6) is 0.305. The highest BCUT2D eigenvalue weighted by Crippen LogP contribution is 2.26. The third-order valence-corrected chi connectivity index (χ3v) is 3.98. The average molecular weight is 255 g/mol. The zero-order chi connectivity index (χ0) is 12.5. The predicted molar refractivity (Wildman–Crippen MR) is 75.3 cm³/mol. The van der Waals surface area contributed by atoms with Crippen LogP contribution in [0.25, 0.3) is 10.2 Å². The Bertz CT molecular complexity index is 685. The first-order valence-corrected chi connectivity index (χ1v) is 6.67. The maximum absolute atomic E-state index is 9.26. The summed E-state index contributed by atoms with van der Waals surface area (Å²) in [5.41, 5.74) is 3.50. The molecule has 1 heterocycles. The minimum atomic E-state index is 0.305. The number of nitrogens with zero attached hydrogens (tertiary/aromatic N) is 1. The second-order valence-corrected chi connectivity index (χ2v) is 5.49. The van der Waals surface area contributed by atoms with E-state index < -0.39 is 0 Å². The molecule has 0 saturated heterocycles. The van der Waals surface area contributed by atoms with Crippen molar-refractivity contribution in [3.05, 3.63) is 58.6 Å². The van der Waals surface area contributed by atoms with Crippen LogP contribution in [0, 0.1) is 6.92 Å². The van der Waals surface area contributed by atoms with Crippen LogP contribution in [0.1, 0.15) is 16.1 Å². The Morgan fingerprint density at radius 2 is 1.89 bits per heavy atom. The van der Waals surface area contributed by atoms with Gasteiger partial charge in [0, 0.05) is 6.42 Å². The van der Waals surface area contributed by atoms with E-state index in [4.69, 9.17) is 0 Å². The number of hydrogen-bond acceptors (Lipinski definition) is 3. The monoisotopic (exact) mass is 255 g/mol. The molecule has 3 rings (SSSR count). The van der Waals surface area contributed by atoms with Crippen LogP contribution < -0.4 is 0 Å². The molecule has 0 aliphatic heterocycles. The number of aryl methyl sites for hydroxylation is 1. The van der Waals surface area contributed by atoms with Crippen LogP contribution >= 0.6 is 11.3 Å². The molecule has 0 aliphatic carbocycles. The zero-order valence-corrected chi connectivity index (χ0v) is 10.9. The third-order valence-electron chi connectivity index (χ3n) is 2.96. The minimum absolute atomic E-state index is 0.305. The topological polar surface area (TPSA) is 33.1 Å². The summed E-state index contributed by atoms with van der Waals surface area (Å²) >= 11 is 1.74. The largest absolute Gasteiger partial charge is 0.508 e. The molecule has 90 valence electrons. The lowest BCUT2D eigenvalue weighted by Crippen LogP contribution is -1.86. The lowest BCUT2D eigenvalue weighted by Gasteiger charge is -1.97. The summed E-state index contributed by atoms with van der Waals surface area (Å²) in [6, 6.07) is 13.6. The first kappa shape index (κ1) is 11.2. The number of phenolic OH excluding ortho intramolecular Hbond substituents is 1. The SMILES string of the molecule is Cc1cccc2sc(Cc3ccc(O)cc3)nc12. The lowest BCUT2D eigenvalue weighted by atomic mass is 10.1. The van der Waals surface area contributed by atoms with Crippen molar-refractivity contribution in [3.8, 4) is 5.75 Å². The third kappa shape index (κ3) is 2.09. The van der Waals surface area contributed by atoms with Gasteiger partial charge in [0.1, 0.15) is 5.75 Å². The van der Waals surface area contributed by atoms with E-state index in [2.05, 4.69) is 30.1 Å². The minimum Gasteiger partial charge on any atom is -0.508 e. The van der Waals surface area contributed by atoms with Gasteiger partial charge in [-0.3, -0.25) is 0 Å². The highest BCUT2D eigenvalue weighted by molar-refractivity contribution is 7.18. The van der Waals surface area contributed by atoms with Crippen molar-refractivity contribution in [1.82, 2.24) is 4.98 Å². The number of fused-ring (bicyclic) bond motifs is 1. The maximum Gasteiger partial charge on any atom is 0.115 e. The summed E-state index contributed by atoms with van der Waals surface area (Å²) in [6.07, 6.45) is 0.819. The smallest absolute Gasteiger partial charge is 0.115 e. The second kappa shape index (κ2) is 4.42. The highest BCUT2D eigenvalue weighted by atomic mass is 32.1.